The summed E-state index contributed by atoms with van der Waals surface area (Å²) in [7, 11) is 0. The maximum Gasteiger partial charge on any atom is 0.233 e. The third-order valence-electron chi connectivity index (χ3n) is 3.28. The topological polar surface area (TPSA) is 55.1 Å². The molecule has 0 bridgehead atoms. The second-order valence-electron chi connectivity index (χ2n) is 4.35. The summed E-state index contributed by atoms with van der Waals surface area (Å²) in [6.07, 6.45) is 2.58. The highest BCUT2D eigenvalue weighted by atomic mass is 32.1. The van der Waals surface area contributed by atoms with Gasteiger partial charge >= 0.3 is 0 Å². The van der Waals surface area contributed by atoms with Crippen molar-refractivity contribution in [3.05, 3.63) is 21.9 Å². The molecule has 1 aliphatic rings. The Morgan fingerprint density at radius 3 is 2.88 bits per heavy atom. The Balaban J connectivity index is 1.95. The van der Waals surface area contributed by atoms with E-state index in [0.29, 0.717) is 11.5 Å². The maximum absolute atomic E-state index is 12.0. The average molecular weight is 268 g/mol. The molecule has 17 heavy (non-hydrogen) atoms. The first-order valence-electron chi connectivity index (χ1n) is 5.73. The molecule has 5 heteroatoms. The lowest BCUT2D eigenvalue weighted by Gasteiger charge is -2.13. The van der Waals surface area contributed by atoms with Crippen LogP contribution in [0, 0.1) is 5.41 Å². The number of nitrogens with one attached hydrogen (secondary N) is 1. The summed E-state index contributed by atoms with van der Waals surface area (Å²) in [5.41, 5.74) is 6.37. The van der Waals surface area contributed by atoms with Crippen molar-refractivity contribution in [2.75, 3.05) is 0 Å². The molecule has 1 amide bonds. The Labute approximate surface area is 110 Å². The van der Waals surface area contributed by atoms with Crippen LogP contribution in [0.4, 0.5) is 0 Å². The summed E-state index contributed by atoms with van der Waals surface area (Å²) < 4.78 is 0. The van der Waals surface area contributed by atoms with Gasteiger partial charge in [-0.25, -0.2) is 0 Å². The monoisotopic (exact) mass is 268 g/mol. The minimum Gasteiger partial charge on any atom is -0.392 e. The predicted octanol–water partition coefficient (Wildman–Crippen LogP) is 1.99. The molecule has 2 rings (SSSR count). The number of carbonyl (C=O) groups excluding carboxylic acids is 1. The lowest BCUT2D eigenvalue weighted by molar-refractivity contribution is -0.124. The summed E-state index contributed by atoms with van der Waals surface area (Å²) in [6, 6.07) is 2.10. The Bertz CT molecular complexity index is 449. The van der Waals surface area contributed by atoms with Gasteiger partial charge in [0.05, 0.1) is 16.9 Å². The standard InChI is InChI=1S/C12H16N2OS2/c1-2-8-3-6-17-9(8)7-14-11(15)12(4-5-12)10(13)16/h3,6H,2,4-5,7H2,1H3,(H2,13,16)(H,14,15). The van der Waals surface area contributed by atoms with Crippen molar-refractivity contribution in [2.24, 2.45) is 11.1 Å². The quantitative estimate of drug-likeness (QED) is 0.803. The number of thiophene rings is 1. The van der Waals surface area contributed by atoms with Crippen molar-refractivity contribution in [1.82, 2.24) is 5.32 Å². The van der Waals surface area contributed by atoms with Gasteiger partial charge in [-0.3, -0.25) is 4.79 Å². The maximum atomic E-state index is 12.0. The van der Waals surface area contributed by atoms with Crippen LogP contribution >= 0.6 is 23.6 Å². The molecule has 92 valence electrons. The Hall–Kier alpha value is -0.940. The normalized spacial score (nSPS) is 16.5. The van der Waals surface area contributed by atoms with Gasteiger partial charge in [0, 0.05) is 4.88 Å². The van der Waals surface area contributed by atoms with Crippen molar-refractivity contribution < 1.29 is 4.79 Å². The van der Waals surface area contributed by atoms with Gasteiger partial charge in [0.2, 0.25) is 5.91 Å². The number of nitrogens with two attached hydrogens (primary N) is 1. The highest BCUT2D eigenvalue weighted by molar-refractivity contribution is 7.80. The van der Waals surface area contributed by atoms with Crippen molar-refractivity contribution in [3.63, 3.8) is 0 Å². The molecule has 0 aromatic carbocycles. The molecular weight excluding hydrogens is 252 g/mol. The van der Waals surface area contributed by atoms with E-state index in [1.807, 2.05) is 0 Å². The first-order valence-corrected chi connectivity index (χ1v) is 7.02. The van der Waals surface area contributed by atoms with Gasteiger partial charge in [-0.05, 0) is 36.3 Å². The molecule has 1 heterocycles. The molecule has 0 atom stereocenters. The molecule has 0 spiro atoms. The number of aryl methyl sites for hydroxylation is 1. The molecular formula is C12H16N2OS2. The molecule has 3 nitrogen and oxygen atoms in total. The first kappa shape index (κ1) is 12.5. The van der Waals surface area contributed by atoms with Crippen molar-refractivity contribution in [1.29, 1.82) is 0 Å². The third kappa shape index (κ3) is 2.35. The van der Waals surface area contributed by atoms with Gasteiger partial charge in [0.15, 0.2) is 0 Å². The van der Waals surface area contributed by atoms with E-state index in [-0.39, 0.29) is 5.91 Å². The number of rotatable bonds is 5. The van der Waals surface area contributed by atoms with Crippen molar-refractivity contribution in [3.8, 4) is 0 Å². The number of amides is 1. The molecule has 1 fully saturated rings. The van der Waals surface area contributed by atoms with Crippen molar-refractivity contribution in [2.45, 2.75) is 32.7 Å². The zero-order chi connectivity index (χ0) is 12.5. The van der Waals surface area contributed by atoms with E-state index >= 15 is 0 Å². The molecule has 0 aliphatic heterocycles. The van der Waals surface area contributed by atoms with Crippen LogP contribution < -0.4 is 11.1 Å². The fourth-order valence-electron chi connectivity index (χ4n) is 1.88. The van der Waals surface area contributed by atoms with Crippen LogP contribution in [-0.4, -0.2) is 10.9 Å². The minimum atomic E-state index is -0.543. The fraction of sp³-hybridized carbons (Fsp3) is 0.500. The number of hydrogen-bond donors (Lipinski definition) is 2. The van der Waals surface area contributed by atoms with E-state index in [0.717, 1.165) is 19.3 Å². The summed E-state index contributed by atoms with van der Waals surface area (Å²) in [5, 5.41) is 5.00. The Kier molecular flexibility index (Phi) is 3.49. The second-order valence-corrected chi connectivity index (χ2v) is 5.79. The second kappa shape index (κ2) is 4.74. The molecule has 0 radical (unpaired) electrons. The predicted molar refractivity (Wildman–Crippen MR) is 74.0 cm³/mol. The van der Waals surface area contributed by atoms with Crippen LogP contribution in [0.15, 0.2) is 11.4 Å². The summed E-state index contributed by atoms with van der Waals surface area (Å²) in [6.45, 7) is 2.70. The highest BCUT2D eigenvalue weighted by Gasteiger charge is 2.52. The summed E-state index contributed by atoms with van der Waals surface area (Å²) >= 11 is 6.63. The molecule has 1 aromatic heterocycles. The zero-order valence-corrected chi connectivity index (χ0v) is 11.4. The molecule has 3 N–H and O–H groups in total. The fourth-order valence-corrected chi connectivity index (χ4v) is 3.09. The number of carbonyl (C=O) groups is 1. The minimum absolute atomic E-state index is 0.0135. The van der Waals surface area contributed by atoms with Crippen LogP contribution in [0.5, 0.6) is 0 Å². The smallest absolute Gasteiger partial charge is 0.233 e. The molecule has 1 aromatic rings. The van der Waals surface area contributed by atoms with Crippen LogP contribution in [0.25, 0.3) is 0 Å². The average Bonchev–Trinajstić information content (AvgIpc) is 3.00. The largest absolute Gasteiger partial charge is 0.392 e. The Morgan fingerprint density at radius 2 is 2.35 bits per heavy atom. The van der Waals surface area contributed by atoms with Gasteiger partial charge < -0.3 is 11.1 Å². The number of hydrogen-bond acceptors (Lipinski definition) is 3. The van der Waals surface area contributed by atoms with Gasteiger partial charge in [-0.1, -0.05) is 19.1 Å². The van der Waals surface area contributed by atoms with E-state index in [9.17, 15) is 4.79 Å². The zero-order valence-electron chi connectivity index (χ0n) is 9.79. The summed E-state index contributed by atoms with van der Waals surface area (Å²) in [5.74, 6) is -0.0135. The van der Waals surface area contributed by atoms with Crippen LogP contribution in [0.2, 0.25) is 0 Å². The van der Waals surface area contributed by atoms with E-state index in [1.54, 1.807) is 11.3 Å². The van der Waals surface area contributed by atoms with Crippen LogP contribution in [0.1, 0.15) is 30.2 Å². The number of thiocarbonyl (C=S) groups is 1. The van der Waals surface area contributed by atoms with Gasteiger partial charge in [0.25, 0.3) is 0 Å². The van der Waals surface area contributed by atoms with E-state index in [4.69, 9.17) is 18.0 Å². The van der Waals surface area contributed by atoms with Gasteiger partial charge in [-0.2, -0.15) is 0 Å². The van der Waals surface area contributed by atoms with Gasteiger partial charge in [0.1, 0.15) is 0 Å². The lowest BCUT2D eigenvalue weighted by atomic mass is 10.1. The molecule has 0 saturated heterocycles. The van der Waals surface area contributed by atoms with E-state index < -0.39 is 5.41 Å². The third-order valence-corrected chi connectivity index (χ3v) is 4.64. The molecule has 0 unspecified atom stereocenters. The van der Waals surface area contributed by atoms with Crippen LogP contribution in [0.3, 0.4) is 0 Å². The summed E-state index contributed by atoms with van der Waals surface area (Å²) in [4.78, 5) is 13.5. The highest BCUT2D eigenvalue weighted by Crippen LogP contribution is 2.46. The Morgan fingerprint density at radius 1 is 1.65 bits per heavy atom. The molecule has 1 saturated carbocycles. The molecule has 1 aliphatic carbocycles. The SMILES string of the molecule is CCc1ccsc1CNC(=O)C1(C(N)=S)CC1. The van der Waals surface area contributed by atoms with Crippen LogP contribution in [-0.2, 0) is 17.8 Å². The van der Waals surface area contributed by atoms with Crippen molar-refractivity contribution >= 4 is 34.5 Å². The lowest BCUT2D eigenvalue weighted by Crippen LogP contribution is -2.39. The van der Waals surface area contributed by atoms with E-state index in [1.165, 1.54) is 10.4 Å². The first-order chi connectivity index (χ1) is 8.10. The van der Waals surface area contributed by atoms with E-state index in [2.05, 4.69) is 23.7 Å². The van der Waals surface area contributed by atoms with Gasteiger partial charge in [-0.15, -0.1) is 11.3 Å².